The van der Waals surface area contributed by atoms with Crippen LogP contribution in [0.3, 0.4) is 0 Å². The van der Waals surface area contributed by atoms with Gasteiger partial charge in [0.25, 0.3) is 0 Å². The first kappa shape index (κ1) is 14.5. The SMILES string of the molecule is Brc1ccc(OC(=Nc2ccccc2)c2ccccc2)cc1. The number of rotatable bonds is 3. The Morgan fingerprint density at radius 2 is 1.32 bits per heavy atom. The first-order chi connectivity index (χ1) is 10.8. The third-order valence-electron chi connectivity index (χ3n) is 3.04. The lowest BCUT2D eigenvalue weighted by atomic mass is 10.2. The van der Waals surface area contributed by atoms with Crippen molar-refractivity contribution in [3.05, 3.63) is 95.0 Å². The van der Waals surface area contributed by atoms with Gasteiger partial charge < -0.3 is 4.74 Å². The Morgan fingerprint density at radius 1 is 0.727 bits per heavy atom. The zero-order valence-corrected chi connectivity index (χ0v) is 13.4. The monoisotopic (exact) mass is 351 g/mol. The second-order valence-electron chi connectivity index (χ2n) is 4.67. The largest absolute Gasteiger partial charge is 0.438 e. The zero-order chi connectivity index (χ0) is 15.2. The van der Waals surface area contributed by atoms with Crippen molar-refractivity contribution < 1.29 is 4.74 Å². The molecule has 0 fully saturated rings. The fourth-order valence-electron chi connectivity index (χ4n) is 1.96. The van der Waals surface area contributed by atoms with Gasteiger partial charge in [0, 0.05) is 10.0 Å². The van der Waals surface area contributed by atoms with Gasteiger partial charge in [0.15, 0.2) is 0 Å². The minimum atomic E-state index is 0.578. The second-order valence-corrected chi connectivity index (χ2v) is 5.59. The van der Waals surface area contributed by atoms with Crippen LogP contribution < -0.4 is 4.74 Å². The molecule has 0 aromatic heterocycles. The van der Waals surface area contributed by atoms with Crippen LogP contribution in [-0.4, -0.2) is 5.90 Å². The van der Waals surface area contributed by atoms with Gasteiger partial charge in [-0.05, 0) is 48.5 Å². The van der Waals surface area contributed by atoms with Crippen molar-refractivity contribution in [2.75, 3.05) is 0 Å². The highest BCUT2D eigenvalue weighted by molar-refractivity contribution is 9.10. The van der Waals surface area contributed by atoms with Gasteiger partial charge in [-0.25, -0.2) is 4.99 Å². The molecule has 3 heteroatoms. The molecule has 0 bridgehead atoms. The Hall–Kier alpha value is -2.39. The maximum atomic E-state index is 5.99. The van der Waals surface area contributed by atoms with Crippen molar-refractivity contribution in [2.24, 2.45) is 4.99 Å². The van der Waals surface area contributed by atoms with Gasteiger partial charge in [-0.3, -0.25) is 0 Å². The molecule has 2 nitrogen and oxygen atoms in total. The number of aliphatic imine (C=N–C) groups is 1. The molecule has 0 saturated carbocycles. The van der Waals surface area contributed by atoms with Crippen LogP contribution in [0.5, 0.6) is 5.75 Å². The highest BCUT2D eigenvalue weighted by atomic mass is 79.9. The van der Waals surface area contributed by atoms with E-state index in [0.29, 0.717) is 5.90 Å². The van der Waals surface area contributed by atoms with Crippen molar-refractivity contribution in [3.8, 4) is 5.75 Å². The smallest absolute Gasteiger partial charge is 0.227 e. The van der Waals surface area contributed by atoms with Crippen molar-refractivity contribution in [1.82, 2.24) is 0 Å². The quantitative estimate of drug-likeness (QED) is 0.444. The normalized spacial score (nSPS) is 11.2. The molecule has 0 aliphatic rings. The lowest BCUT2D eigenvalue weighted by Crippen LogP contribution is -2.09. The molecule has 0 aliphatic carbocycles. The summed E-state index contributed by atoms with van der Waals surface area (Å²) in [5.41, 5.74) is 1.80. The first-order valence-electron chi connectivity index (χ1n) is 6.94. The Bertz CT molecular complexity index is 752. The standard InChI is InChI=1S/C19H14BrNO/c20-16-11-13-18(14-12-16)22-19(15-7-3-1-4-8-15)21-17-9-5-2-6-10-17/h1-14H. The number of para-hydroxylation sites is 1. The van der Waals surface area contributed by atoms with E-state index in [1.807, 2.05) is 84.9 Å². The number of nitrogens with zero attached hydrogens (tertiary/aromatic N) is 1. The summed E-state index contributed by atoms with van der Waals surface area (Å²) in [6.07, 6.45) is 0. The molecule has 3 aromatic rings. The highest BCUT2D eigenvalue weighted by Gasteiger charge is 2.07. The summed E-state index contributed by atoms with van der Waals surface area (Å²) >= 11 is 3.42. The Kier molecular flexibility index (Phi) is 4.66. The number of benzene rings is 3. The van der Waals surface area contributed by atoms with Crippen molar-refractivity contribution in [3.63, 3.8) is 0 Å². The lowest BCUT2D eigenvalue weighted by molar-refractivity contribution is 0.553. The summed E-state index contributed by atoms with van der Waals surface area (Å²) in [5, 5.41) is 0. The molecule has 0 aliphatic heterocycles. The molecule has 0 unspecified atom stereocenters. The summed E-state index contributed by atoms with van der Waals surface area (Å²) in [6, 6.07) is 27.4. The van der Waals surface area contributed by atoms with Crippen LogP contribution in [0.4, 0.5) is 5.69 Å². The van der Waals surface area contributed by atoms with E-state index in [0.717, 1.165) is 21.5 Å². The van der Waals surface area contributed by atoms with E-state index in [1.54, 1.807) is 0 Å². The molecular formula is C19H14BrNO. The number of halogens is 1. The average molecular weight is 352 g/mol. The van der Waals surface area contributed by atoms with E-state index < -0.39 is 0 Å². The molecule has 0 amide bonds. The molecule has 0 saturated heterocycles. The fourth-order valence-corrected chi connectivity index (χ4v) is 2.23. The van der Waals surface area contributed by atoms with Crippen LogP contribution in [0.25, 0.3) is 0 Å². The second kappa shape index (κ2) is 7.05. The van der Waals surface area contributed by atoms with Gasteiger partial charge in [0.1, 0.15) is 5.75 Å². The van der Waals surface area contributed by atoms with E-state index >= 15 is 0 Å². The van der Waals surface area contributed by atoms with Crippen molar-refractivity contribution >= 4 is 27.5 Å². The molecule has 3 aromatic carbocycles. The van der Waals surface area contributed by atoms with Crippen molar-refractivity contribution in [1.29, 1.82) is 0 Å². The number of hydrogen-bond acceptors (Lipinski definition) is 2. The summed E-state index contributed by atoms with van der Waals surface area (Å²) in [5.74, 6) is 1.33. The molecular weight excluding hydrogens is 338 g/mol. The zero-order valence-electron chi connectivity index (χ0n) is 11.8. The predicted molar refractivity (Wildman–Crippen MR) is 93.9 cm³/mol. The summed E-state index contributed by atoms with van der Waals surface area (Å²) in [6.45, 7) is 0. The predicted octanol–water partition coefficient (Wildman–Crippen LogP) is 5.61. The van der Waals surface area contributed by atoms with E-state index in [1.165, 1.54) is 0 Å². The van der Waals surface area contributed by atoms with Gasteiger partial charge in [0.05, 0.1) is 5.69 Å². The molecule has 3 rings (SSSR count). The fraction of sp³-hybridized carbons (Fsp3) is 0. The molecule has 0 heterocycles. The Labute approximate surface area is 138 Å². The molecule has 108 valence electrons. The summed E-state index contributed by atoms with van der Waals surface area (Å²) in [7, 11) is 0. The van der Waals surface area contributed by atoms with Crippen LogP contribution in [0.15, 0.2) is 94.4 Å². The van der Waals surface area contributed by atoms with Crippen LogP contribution in [0, 0.1) is 0 Å². The minimum absolute atomic E-state index is 0.578. The first-order valence-corrected chi connectivity index (χ1v) is 7.73. The van der Waals surface area contributed by atoms with E-state index in [9.17, 15) is 0 Å². The Balaban J connectivity index is 1.96. The van der Waals surface area contributed by atoms with E-state index in [4.69, 9.17) is 4.74 Å². The average Bonchev–Trinajstić information content (AvgIpc) is 2.58. The third kappa shape index (κ3) is 3.83. The number of hydrogen-bond donors (Lipinski definition) is 0. The van der Waals surface area contributed by atoms with E-state index in [2.05, 4.69) is 20.9 Å². The molecule has 0 atom stereocenters. The number of ether oxygens (including phenoxy) is 1. The van der Waals surface area contributed by atoms with Gasteiger partial charge >= 0.3 is 0 Å². The van der Waals surface area contributed by atoms with Gasteiger partial charge in [0.2, 0.25) is 5.90 Å². The summed E-state index contributed by atoms with van der Waals surface area (Å²) < 4.78 is 7.00. The maximum absolute atomic E-state index is 5.99. The van der Waals surface area contributed by atoms with Gasteiger partial charge in [-0.15, -0.1) is 0 Å². The lowest BCUT2D eigenvalue weighted by Gasteiger charge is -2.09. The van der Waals surface area contributed by atoms with Crippen LogP contribution >= 0.6 is 15.9 Å². The van der Waals surface area contributed by atoms with Crippen LogP contribution in [-0.2, 0) is 0 Å². The molecule has 0 radical (unpaired) electrons. The van der Waals surface area contributed by atoms with Gasteiger partial charge in [-0.1, -0.05) is 52.3 Å². The summed E-state index contributed by atoms with van der Waals surface area (Å²) in [4.78, 5) is 4.63. The minimum Gasteiger partial charge on any atom is -0.438 e. The maximum Gasteiger partial charge on any atom is 0.227 e. The van der Waals surface area contributed by atoms with Gasteiger partial charge in [-0.2, -0.15) is 0 Å². The molecule has 0 N–H and O–H groups in total. The highest BCUT2D eigenvalue weighted by Crippen LogP contribution is 2.20. The third-order valence-corrected chi connectivity index (χ3v) is 3.56. The molecule has 0 spiro atoms. The van der Waals surface area contributed by atoms with Crippen LogP contribution in [0.1, 0.15) is 5.56 Å². The van der Waals surface area contributed by atoms with E-state index in [-0.39, 0.29) is 0 Å². The molecule has 22 heavy (non-hydrogen) atoms. The Morgan fingerprint density at radius 3 is 1.95 bits per heavy atom. The van der Waals surface area contributed by atoms with Crippen molar-refractivity contribution in [2.45, 2.75) is 0 Å². The topological polar surface area (TPSA) is 21.6 Å². The van der Waals surface area contributed by atoms with Crippen LogP contribution in [0.2, 0.25) is 0 Å².